The normalized spacial score (nSPS) is 14.0. The Morgan fingerprint density at radius 1 is 0.838 bits per heavy atom. The molecule has 37 heavy (non-hydrogen) atoms. The summed E-state index contributed by atoms with van der Waals surface area (Å²) in [6.07, 6.45) is 12.7. The van der Waals surface area contributed by atoms with Crippen molar-refractivity contribution in [2.45, 2.75) is 124 Å². The van der Waals surface area contributed by atoms with Crippen LogP contribution in [0, 0.1) is 11.3 Å². The summed E-state index contributed by atoms with van der Waals surface area (Å²) in [6.45, 7) is 9.35. The SMILES string of the molecule is CCCCCCCCCCCC(CCC(C)OC)OC(=O)C(C(=O)Nc1ccccc1)C(=O)C(C)(C)C. The number of ketones is 1. The Balaban J connectivity index is 2.80. The van der Waals surface area contributed by atoms with E-state index in [4.69, 9.17) is 9.47 Å². The molecule has 3 atom stereocenters. The molecule has 0 aliphatic carbocycles. The fourth-order valence-corrected chi connectivity index (χ4v) is 4.22. The minimum atomic E-state index is -1.51. The van der Waals surface area contributed by atoms with Crippen LogP contribution in [-0.2, 0) is 23.9 Å². The van der Waals surface area contributed by atoms with Crippen LogP contribution in [0.15, 0.2) is 30.3 Å². The Morgan fingerprint density at radius 2 is 1.41 bits per heavy atom. The molecule has 0 heterocycles. The smallest absolute Gasteiger partial charge is 0.326 e. The standard InChI is InChI=1S/C31H51NO5/c1-7-8-9-10-11-12-13-14-18-21-26(23-22-24(2)36-6)37-30(35)27(28(33)31(3,4)5)29(34)32-25-19-16-15-17-20-25/h15-17,19-20,24,26-27H,7-14,18,21-23H2,1-6H3,(H,32,34). The van der Waals surface area contributed by atoms with Crippen molar-refractivity contribution in [3.63, 3.8) is 0 Å². The molecule has 6 nitrogen and oxygen atoms in total. The molecule has 1 amide bonds. The highest BCUT2D eigenvalue weighted by Gasteiger charge is 2.42. The molecule has 1 aromatic rings. The van der Waals surface area contributed by atoms with Crippen LogP contribution in [-0.4, -0.2) is 37.0 Å². The molecule has 0 aliphatic heterocycles. The van der Waals surface area contributed by atoms with Gasteiger partial charge >= 0.3 is 5.97 Å². The maximum Gasteiger partial charge on any atom is 0.326 e. The minimum Gasteiger partial charge on any atom is -0.461 e. The number of amides is 1. The van der Waals surface area contributed by atoms with Crippen molar-refractivity contribution in [3.8, 4) is 0 Å². The highest BCUT2D eigenvalue weighted by Crippen LogP contribution is 2.25. The van der Waals surface area contributed by atoms with Gasteiger partial charge < -0.3 is 14.8 Å². The molecule has 0 radical (unpaired) electrons. The minimum absolute atomic E-state index is 0.0395. The maximum absolute atomic E-state index is 13.3. The summed E-state index contributed by atoms with van der Waals surface area (Å²) in [4.78, 5) is 39.6. The van der Waals surface area contributed by atoms with Crippen LogP contribution in [0.2, 0.25) is 0 Å². The largest absolute Gasteiger partial charge is 0.461 e. The number of esters is 1. The van der Waals surface area contributed by atoms with Crippen LogP contribution in [0.4, 0.5) is 5.69 Å². The molecular formula is C31H51NO5. The van der Waals surface area contributed by atoms with Crippen LogP contribution >= 0.6 is 0 Å². The predicted molar refractivity (Wildman–Crippen MR) is 150 cm³/mol. The number of para-hydroxylation sites is 1. The molecular weight excluding hydrogens is 466 g/mol. The number of Topliss-reactive ketones (excluding diaryl/α,β-unsaturated/α-hetero) is 1. The highest BCUT2D eigenvalue weighted by atomic mass is 16.5. The van der Waals surface area contributed by atoms with E-state index in [1.54, 1.807) is 52.1 Å². The van der Waals surface area contributed by atoms with E-state index in [1.165, 1.54) is 44.9 Å². The molecule has 1 aromatic carbocycles. The quantitative estimate of drug-likeness (QED) is 0.117. The molecule has 0 aromatic heterocycles. The summed E-state index contributed by atoms with van der Waals surface area (Å²) in [5, 5.41) is 2.71. The lowest BCUT2D eigenvalue weighted by Gasteiger charge is -2.26. The van der Waals surface area contributed by atoms with Crippen molar-refractivity contribution in [1.29, 1.82) is 0 Å². The van der Waals surface area contributed by atoms with E-state index < -0.39 is 29.0 Å². The number of rotatable bonds is 19. The van der Waals surface area contributed by atoms with Crippen molar-refractivity contribution in [3.05, 3.63) is 30.3 Å². The van der Waals surface area contributed by atoms with E-state index in [2.05, 4.69) is 12.2 Å². The van der Waals surface area contributed by atoms with Gasteiger partial charge in [-0.15, -0.1) is 0 Å². The summed E-state index contributed by atoms with van der Waals surface area (Å²) >= 11 is 0. The number of carbonyl (C=O) groups excluding carboxylic acids is 3. The van der Waals surface area contributed by atoms with Crippen LogP contribution in [0.1, 0.15) is 112 Å². The average Bonchev–Trinajstić information content (AvgIpc) is 2.85. The second-order valence-electron chi connectivity index (χ2n) is 11.2. The second-order valence-corrected chi connectivity index (χ2v) is 11.2. The fraction of sp³-hybridized carbons (Fsp3) is 0.710. The van der Waals surface area contributed by atoms with E-state index >= 15 is 0 Å². The van der Waals surface area contributed by atoms with E-state index in [0.717, 1.165) is 25.7 Å². The molecule has 0 saturated heterocycles. The first-order chi connectivity index (χ1) is 17.6. The van der Waals surface area contributed by atoms with Gasteiger partial charge in [-0.3, -0.25) is 14.4 Å². The zero-order chi connectivity index (χ0) is 27.7. The molecule has 6 heteroatoms. The first-order valence-corrected chi connectivity index (χ1v) is 14.2. The number of unbranched alkanes of at least 4 members (excludes halogenated alkanes) is 8. The van der Waals surface area contributed by atoms with Gasteiger partial charge in [0, 0.05) is 18.2 Å². The maximum atomic E-state index is 13.3. The van der Waals surface area contributed by atoms with Crippen molar-refractivity contribution in [2.75, 3.05) is 12.4 Å². The molecule has 1 N–H and O–H groups in total. The van der Waals surface area contributed by atoms with Gasteiger partial charge in [-0.2, -0.15) is 0 Å². The number of carbonyl (C=O) groups is 3. The zero-order valence-corrected chi connectivity index (χ0v) is 24.1. The Labute approximate surface area is 225 Å². The lowest BCUT2D eigenvalue weighted by molar-refractivity contribution is -0.161. The van der Waals surface area contributed by atoms with Gasteiger partial charge in [-0.05, 0) is 44.7 Å². The molecule has 1 rings (SSSR count). The van der Waals surface area contributed by atoms with Gasteiger partial charge in [0.1, 0.15) is 6.10 Å². The number of methoxy groups -OCH3 is 1. The summed E-state index contributed by atoms with van der Waals surface area (Å²) in [5.41, 5.74) is -0.332. The molecule has 0 fully saturated rings. The van der Waals surface area contributed by atoms with Crippen molar-refractivity contribution in [2.24, 2.45) is 11.3 Å². The van der Waals surface area contributed by atoms with Crippen LogP contribution < -0.4 is 5.32 Å². The van der Waals surface area contributed by atoms with Crippen LogP contribution in [0.3, 0.4) is 0 Å². The predicted octanol–water partition coefficient (Wildman–Crippen LogP) is 7.50. The number of nitrogens with one attached hydrogen (secondary N) is 1. The monoisotopic (exact) mass is 517 g/mol. The molecule has 3 unspecified atom stereocenters. The van der Waals surface area contributed by atoms with Crippen molar-refractivity contribution in [1.82, 2.24) is 0 Å². The third-order valence-electron chi connectivity index (χ3n) is 6.75. The van der Waals surface area contributed by atoms with E-state index in [1.807, 2.05) is 13.0 Å². The first kappa shape index (κ1) is 32.8. The molecule has 0 bridgehead atoms. The molecule has 0 saturated carbocycles. The lowest BCUT2D eigenvalue weighted by Crippen LogP contribution is -2.43. The Morgan fingerprint density at radius 3 is 1.95 bits per heavy atom. The van der Waals surface area contributed by atoms with Gasteiger partial charge in [0.15, 0.2) is 11.7 Å². The Hall–Kier alpha value is -2.21. The van der Waals surface area contributed by atoms with Crippen molar-refractivity contribution < 1.29 is 23.9 Å². The van der Waals surface area contributed by atoms with Gasteiger partial charge in [0.2, 0.25) is 5.91 Å². The average molecular weight is 518 g/mol. The van der Waals surface area contributed by atoms with Crippen molar-refractivity contribution >= 4 is 23.3 Å². The molecule has 0 spiro atoms. The van der Waals surface area contributed by atoms with Crippen LogP contribution in [0.5, 0.6) is 0 Å². The van der Waals surface area contributed by atoms with Gasteiger partial charge in [0.05, 0.1) is 6.10 Å². The van der Waals surface area contributed by atoms with Gasteiger partial charge in [-0.25, -0.2) is 0 Å². The number of anilines is 1. The van der Waals surface area contributed by atoms with Crippen LogP contribution in [0.25, 0.3) is 0 Å². The van der Waals surface area contributed by atoms with Gasteiger partial charge in [-0.1, -0.05) is 97.3 Å². The number of benzene rings is 1. The number of hydrogen-bond donors (Lipinski definition) is 1. The summed E-state index contributed by atoms with van der Waals surface area (Å²) < 4.78 is 11.3. The second kappa shape index (κ2) is 18.1. The van der Waals surface area contributed by atoms with E-state index in [9.17, 15) is 14.4 Å². The number of ether oxygens (including phenoxy) is 2. The fourth-order valence-electron chi connectivity index (χ4n) is 4.22. The Bertz CT molecular complexity index is 787. The molecule has 0 aliphatic rings. The summed E-state index contributed by atoms with van der Waals surface area (Å²) in [7, 11) is 1.66. The van der Waals surface area contributed by atoms with E-state index in [-0.39, 0.29) is 12.2 Å². The number of hydrogen-bond acceptors (Lipinski definition) is 5. The third kappa shape index (κ3) is 13.8. The lowest BCUT2D eigenvalue weighted by atomic mass is 9.82. The highest BCUT2D eigenvalue weighted by molar-refractivity contribution is 6.21. The zero-order valence-electron chi connectivity index (χ0n) is 24.1. The first-order valence-electron chi connectivity index (χ1n) is 14.2. The third-order valence-corrected chi connectivity index (χ3v) is 6.75. The summed E-state index contributed by atoms with van der Waals surface area (Å²) in [6, 6.07) is 8.85. The van der Waals surface area contributed by atoms with Gasteiger partial charge in [0.25, 0.3) is 0 Å². The topological polar surface area (TPSA) is 81.7 Å². The molecule has 210 valence electrons. The Kier molecular flexibility index (Phi) is 16.1. The van der Waals surface area contributed by atoms with E-state index in [0.29, 0.717) is 12.1 Å². The summed E-state index contributed by atoms with van der Waals surface area (Å²) in [5.74, 6) is -3.37.